The molecule has 0 aliphatic carbocycles. The lowest BCUT2D eigenvalue weighted by molar-refractivity contribution is -0.142. The van der Waals surface area contributed by atoms with Crippen molar-refractivity contribution < 1.29 is 14.3 Å². The fourth-order valence-corrected chi connectivity index (χ4v) is 5.17. The maximum Gasteiger partial charge on any atom is 0.306 e. The maximum atomic E-state index is 15.0. The van der Waals surface area contributed by atoms with E-state index in [1.807, 2.05) is 54.1 Å². The molecule has 0 amide bonds. The van der Waals surface area contributed by atoms with E-state index < -0.39 is 11.9 Å². The number of nitrogens with zero attached hydrogens (tertiary/aromatic N) is 6. The number of carboxylic acids is 1. The summed E-state index contributed by atoms with van der Waals surface area (Å²) in [6.45, 7) is 3.36. The fourth-order valence-electron chi connectivity index (χ4n) is 5.17. The number of aliphatic carboxylic acids is 1. The third-order valence-corrected chi connectivity index (χ3v) is 7.10. The SMILES string of the molecule is Cc1cccc2c(-c3cccc4nn(C)c(F)c34)nn(-c3ccc(N4CCC(C(=O)O)CC4)nc3)c12. The summed E-state index contributed by atoms with van der Waals surface area (Å²) in [5.74, 6) is -0.588. The normalized spacial score (nSPS) is 14.7. The average molecular weight is 485 g/mol. The van der Waals surface area contributed by atoms with Gasteiger partial charge in [0.15, 0.2) is 0 Å². The van der Waals surface area contributed by atoms with Crippen molar-refractivity contribution in [3.05, 3.63) is 66.2 Å². The van der Waals surface area contributed by atoms with Crippen molar-refractivity contribution >= 4 is 33.6 Å². The van der Waals surface area contributed by atoms with Gasteiger partial charge in [-0.1, -0.05) is 30.3 Å². The summed E-state index contributed by atoms with van der Waals surface area (Å²) in [4.78, 5) is 18.1. The van der Waals surface area contributed by atoms with E-state index in [9.17, 15) is 9.90 Å². The molecule has 3 aromatic heterocycles. The predicted molar refractivity (Wildman–Crippen MR) is 136 cm³/mol. The lowest BCUT2D eigenvalue weighted by atomic mass is 9.97. The lowest BCUT2D eigenvalue weighted by Crippen LogP contribution is -2.36. The fraction of sp³-hybridized carbons (Fsp3) is 0.259. The summed E-state index contributed by atoms with van der Waals surface area (Å²) in [5.41, 5.74) is 4.74. The van der Waals surface area contributed by atoms with Gasteiger partial charge in [0.05, 0.1) is 34.2 Å². The monoisotopic (exact) mass is 484 g/mol. The molecule has 0 bridgehead atoms. The van der Waals surface area contributed by atoms with E-state index in [1.54, 1.807) is 19.3 Å². The Bertz CT molecular complexity index is 1610. The predicted octanol–water partition coefficient (Wildman–Crippen LogP) is 4.72. The summed E-state index contributed by atoms with van der Waals surface area (Å²) in [6.07, 6.45) is 3.01. The number of carbonyl (C=O) groups is 1. The van der Waals surface area contributed by atoms with Crippen LogP contribution in [0.5, 0.6) is 0 Å². The molecule has 1 N–H and O–H groups in total. The Labute approximate surface area is 206 Å². The van der Waals surface area contributed by atoms with Crippen molar-refractivity contribution in [1.29, 1.82) is 0 Å². The van der Waals surface area contributed by atoms with Gasteiger partial charge in [-0.15, -0.1) is 0 Å². The molecule has 1 fully saturated rings. The van der Waals surface area contributed by atoms with Gasteiger partial charge in [0.2, 0.25) is 5.95 Å². The third kappa shape index (κ3) is 3.50. The molecule has 8 nitrogen and oxygen atoms in total. The molecule has 0 spiro atoms. The molecule has 2 aromatic carbocycles. The van der Waals surface area contributed by atoms with Crippen molar-refractivity contribution in [3.63, 3.8) is 0 Å². The first-order valence-corrected chi connectivity index (χ1v) is 12.0. The molecule has 36 heavy (non-hydrogen) atoms. The quantitative estimate of drug-likeness (QED) is 0.397. The highest BCUT2D eigenvalue weighted by Crippen LogP contribution is 2.36. The van der Waals surface area contributed by atoms with E-state index in [1.165, 1.54) is 4.68 Å². The molecular formula is C27H25FN6O2. The number of rotatable bonds is 4. The highest BCUT2D eigenvalue weighted by atomic mass is 19.1. The largest absolute Gasteiger partial charge is 0.481 e. The van der Waals surface area contributed by atoms with Gasteiger partial charge in [0, 0.05) is 31.1 Å². The van der Waals surface area contributed by atoms with Gasteiger partial charge in [-0.3, -0.25) is 4.79 Å². The highest BCUT2D eigenvalue weighted by Gasteiger charge is 2.25. The Morgan fingerprint density at radius 1 is 1.06 bits per heavy atom. The second-order valence-electron chi connectivity index (χ2n) is 9.32. The van der Waals surface area contributed by atoms with Crippen LogP contribution in [0, 0.1) is 18.8 Å². The van der Waals surface area contributed by atoms with Gasteiger partial charge < -0.3 is 10.0 Å². The molecular weight excluding hydrogens is 459 g/mol. The number of hydrogen-bond donors (Lipinski definition) is 1. The molecule has 1 aliphatic heterocycles. The molecule has 6 rings (SSSR count). The first-order valence-electron chi connectivity index (χ1n) is 12.0. The molecule has 9 heteroatoms. The van der Waals surface area contributed by atoms with Crippen LogP contribution in [0.15, 0.2) is 54.7 Å². The average Bonchev–Trinajstić information content (AvgIpc) is 3.42. The number of para-hydroxylation sites is 1. The van der Waals surface area contributed by atoms with Crippen LogP contribution in [0.4, 0.5) is 10.2 Å². The second-order valence-corrected chi connectivity index (χ2v) is 9.32. The van der Waals surface area contributed by atoms with Crippen LogP contribution in [0.3, 0.4) is 0 Å². The number of carboxylic acid groups (broad SMARTS) is 1. The lowest BCUT2D eigenvalue weighted by Gasteiger charge is -2.31. The molecule has 0 saturated carbocycles. The minimum atomic E-state index is -0.725. The van der Waals surface area contributed by atoms with Crippen molar-refractivity contribution in [2.45, 2.75) is 19.8 Å². The van der Waals surface area contributed by atoms with E-state index >= 15 is 4.39 Å². The smallest absolute Gasteiger partial charge is 0.306 e. The number of aryl methyl sites for hydroxylation is 2. The molecule has 0 radical (unpaired) electrons. The van der Waals surface area contributed by atoms with E-state index in [-0.39, 0.29) is 5.92 Å². The van der Waals surface area contributed by atoms with Crippen molar-refractivity contribution in [3.8, 4) is 16.9 Å². The molecule has 0 unspecified atom stereocenters. The summed E-state index contributed by atoms with van der Waals surface area (Å²) >= 11 is 0. The molecule has 1 aliphatic rings. The van der Waals surface area contributed by atoms with E-state index in [0.717, 1.165) is 28.0 Å². The van der Waals surface area contributed by atoms with E-state index in [4.69, 9.17) is 5.10 Å². The Hall–Kier alpha value is -4.27. The van der Waals surface area contributed by atoms with Gasteiger partial charge in [-0.2, -0.15) is 14.6 Å². The molecule has 5 aromatic rings. The zero-order valence-corrected chi connectivity index (χ0v) is 20.0. The number of pyridine rings is 1. The number of fused-ring (bicyclic) bond motifs is 2. The van der Waals surface area contributed by atoms with E-state index in [0.29, 0.717) is 48.1 Å². The van der Waals surface area contributed by atoms with Crippen LogP contribution in [0.2, 0.25) is 0 Å². The summed E-state index contributed by atoms with van der Waals surface area (Å²) < 4.78 is 18.1. The van der Waals surface area contributed by atoms with Crippen LogP contribution < -0.4 is 4.90 Å². The molecule has 1 saturated heterocycles. The van der Waals surface area contributed by atoms with Gasteiger partial charge in [0.1, 0.15) is 11.5 Å². The third-order valence-electron chi connectivity index (χ3n) is 7.10. The summed E-state index contributed by atoms with van der Waals surface area (Å²) in [6, 6.07) is 15.5. The molecule has 0 atom stereocenters. The van der Waals surface area contributed by atoms with Crippen LogP contribution >= 0.6 is 0 Å². The van der Waals surface area contributed by atoms with Gasteiger partial charge in [0.25, 0.3) is 0 Å². The Kier molecular flexibility index (Phi) is 5.21. The van der Waals surface area contributed by atoms with Gasteiger partial charge in [-0.25, -0.2) is 14.3 Å². The van der Waals surface area contributed by atoms with Crippen molar-refractivity contribution in [2.75, 3.05) is 18.0 Å². The number of hydrogen-bond acceptors (Lipinski definition) is 5. The summed E-state index contributed by atoms with van der Waals surface area (Å²) in [7, 11) is 1.59. The second kappa shape index (κ2) is 8.44. The van der Waals surface area contributed by atoms with Crippen LogP contribution in [-0.2, 0) is 11.8 Å². The number of aromatic nitrogens is 5. The molecule has 4 heterocycles. The van der Waals surface area contributed by atoms with Crippen LogP contribution in [0.25, 0.3) is 38.8 Å². The van der Waals surface area contributed by atoms with Crippen molar-refractivity contribution in [1.82, 2.24) is 24.5 Å². The Morgan fingerprint density at radius 3 is 2.56 bits per heavy atom. The number of halogens is 1. The minimum absolute atomic E-state index is 0.286. The topological polar surface area (TPSA) is 89.1 Å². The van der Waals surface area contributed by atoms with Gasteiger partial charge >= 0.3 is 5.97 Å². The molecule has 182 valence electrons. The number of benzene rings is 2. The zero-order chi connectivity index (χ0) is 25.0. The Morgan fingerprint density at radius 2 is 1.83 bits per heavy atom. The minimum Gasteiger partial charge on any atom is -0.481 e. The zero-order valence-electron chi connectivity index (χ0n) is 20.0. The Balaban J connectivity index is 1.43. The highest BCUT2D eigenvalue weighted by molar-refractivity contribution is 6.03. The number of anilines is 1. The summed E-state index contributed by atoms with van der Waals surface area (Å²) in [5, 5.41) is 19.9. The van der Waals surface area contributed by atoms with Crippen LogP contribution in [0.1, 0.15) is 18.4 Å². The van der Waals surface area contributed by atoms with Gasteiger partial charge in [-0.05, 0) is 43.5 Å². The maximum absolute atomic E-state index is 15.0. The van der Waals surface area contributed by atoms with E-state index in [2.05, 4.69) is 15.0 Å². The number of piperidine rings is 1. The van der Waals surface area contributed by atoms with Crippen molar-refractivity contribution in [2.24, 2.45) is 13.0 Å². The van der Waals surface area contributed by atoms with Crippen LogP contribution in [-0.4, -0.2) is 48.7 Å². The standard InChI is InChI=1S/C27H25FN6O2/c1-16-5-3-7-20-24(19-6-4-8-21-23(19)26(28)32(2)30-21)31-34(25(16)20)18-9-10-22(29-15-18)33-13-11-17(12-14-33)27(35)36/h3-10,15,17H,11-14H2,1-2H3,(H,35,36). The first kappa shape index (κ1) is 22.2. The first-order chi connectivity index (χ1) is 17.4.